The lowest BCUT2D eigenvalue weighted by Gasteiger charge is -2.03. The predicted octanol–water partition coefficient (Wildman–Crippen LogP) is 1.63. The number of nitrogens with one attached hydrogen (secondary N) is 1. The van der Waals surface area contributed by atoms with E-state index in [1.54, 1.807) is 18.6 Å². The van der Waals surface area contributed by atoms with Crippen molar-refractivity contribution in [2.75, 3.05) is 11.9 Å². The smallest absolute Gasteiger partial charge is 0.127 e. The molecule has 0 saturated heterocycles. The van der Waals surface area contributed by atoms with Crippen LogP contribution in [0.2, 0.25) is 0 Å². The van der Waals surface area contributed by atoms with Gasteiger partial charge in [-0.05, 0) is 19.3 Å². The standard InChI is InChI=1S/C12H15N5/c1-17-12-9(4-2-3-5-15-12)11(16-17)10-8-13-6-7-14-10/h6-8,15H,2-5H2,1H3. The van der Waals surface area contributed by atoms with Gasteiger partial charge in [0.2, 0.25) is 0 Å². The maximum absolute atomic E-state index is 4.56. The van der Waals surface area contributed by atoms with Gasteiger partial charge in [0.05, 0.1) is 6.20 Å². The quantitative estimate of drug-likeness (QED) is 0.807. The summed E-state index contributed by atoms with van der Waals surface area (Å²) in [4.78, 5) is 8.45. The summed E-state index contributed by atoms with van der Waals surface area (Å²) < 4.78 is 1.91. The summed E-state index contributed by atoms with van der Waals surface area (Å²) in [6, 6.07) is 0. The van der Waals surface area contributed by atoms with Crippen LogP contribution in [0.15, 0.2) is 18.6 Å². The van der Waals surface area contributed by atoms with Crippen LogP contribution in [0.1, 0.15) is 18.4 Å². The molecule has 5 nitrogen and oxygen atoms in total. The first-order chi connectivity index (χ1) is 8.36. The van der Waals surface area contributed by atoms with Gasteiger partial charge in [-0.25, -0.2) is 0 Å². The van der Waals surface area contributed by atoms with E-state index in [2.05, 4.69) is 20.4 Å². The molecule has 0 aliphatic carbocycles. The molecule has 0 aromatic carbocycles. The van der Waals surface area contributed by atoms with Gasteiger partial charge in [0.25, 0.3) is 0 Å². The summed E-state index contributed by atoms with van der Waals surface area (Å²) in [5.41, 5.74) is 3.09. The van der Waals surface area contributed by atoms with Crippen LogP contribution in [0.4, 0.5) is 5.82 Å². The van der Waals surface area contributed by atoms with Gasteiger partial charge in [-0.2, -0.15) is 5.10 Å². The van der Waals surface area contributed by atoms with Gasteiger partial charge >= 0.3 is 0 Å². The van der Waals surface area contributed by atoms with Crippen LogP contribution in [-0.4, -0.2) is 26.3 Å². The first kappa shape index (κ1) is 10.3. The van der Waals surface area contributed by atoms with E-state index < -0.39 is 0 Å². The zero-order valence-corrected chi connectivity index (χ0v) is 9.85. The van der Waals surface area contributed by atoms with E-state index in [0.717, 1.165) is 30.2 Å². The van der Waals surface area contributed by atoms with Crippen molar-refractivity contribution in [2.24, 2.45) is 7.05 Å². The van der Waals surface area contributed by atoms with Gasteiger partial charge < -0.3 is 5.32 Å². The van der Waals surface area contributed by atoms with Gasteiger partial charge in [-0.1, -0.05) is 0 Å². The zero-order chi connectivity index (χ0) is 11.7. The van der Waals surface area contributed by atoms with Crippen molar-refractivity contribution < 1.29 is 0 Å². The Morgan fingerprint density at radius 1 is 1.29 bits per heavy atom. The number of aryl methyl sites for hydroxylation is 1. The molecule has 0 amide bonds. The maximum atomic E-state index is 4.56. The van der Waals surface area contributed by atoms with Crippen molar-refractivity contribution in [3.8, 4) is 11.4 Å². The highest BCUT2D eigenvalue weighted by Crippen LogP contribution is 2.29. The van der Waals surface area contributed by atoms with Crippen LogP contribution in [0.3, 0.4) is 0 Å². The molecule has 1 aliphatic heterocycles. The first-order valence-electron chi connectivity index (χ1n) is 5.92. The minimum atomic E-state index is 0.855. The van der Waals surface area contributed by atoms with Gasteiger partial charge in [0, 0.05) is 31.5 Å². The Morgan fingerprint density at radius 2 is 2.24 bits per heavy atom. The second-order valence-electron chi connectivity index (χ2n) is 4.27. The topological polar surface area (TPSA) is 55.6 Å². The highest BCUT2D eigenvalue weighted by atomic mass is 15.3. The molecule has 5 heteroatoms. The highest BCUT2D eigenvalue weighted by Gasteiger charge is 2.19. The molecule has 0 fully saturated rings. The molecule has 0 saturated carbocycles. The average molecular weight is 229 g/mol. The van der Waals surface area contributed by atoms with E-state index in [1.165, 1.54) is 18.4 Å². The van der Waals surface area contributed by atoms with E-state index in [0.29, 0.717) is 0 Å². The van der Waals surface area contributed by atoms with Crippen LogP contribution in [0, 0.1) is 0 Å². The van der Waals surface area contributed by atoms with Crippen molar-refractivity contribution in [2.45, 2.75) is 19.3 Å². The third-order valence-electron chi connectivity index (χ3n) is 3.10. The minimum Gasteiger partial charge on any atom is -0.370 e. The number of hydrogen-bond acceptors (Lipinski definition) is 4. The largest absolute Gasteiger partial charge is 0.370 e. The molecule has 0 bridgehead atoms. The Bertz CT molecular complexity index is 517. The van der Waals surface area contributed by atoms with E-state index >= 15 is 0 Å². The first-order valence-corrected chi connectivity index (χ1v) is 5.92. The summed E-state index contributed by atoms with van der Waals surface area (Å²) >= 11 is 0. The van der Waals surface area contributed by atoms with Crippen molar-refractivity contribution in [3.05, 3.63) is 24.2 Å². The fourth-order valence-corrected chi connectivity index (χ4v) is 2.29. The van der Waals surface area contributed by atoms with E-state index in [4.69, 9.17) is 0 Å². The van der Waals surface area contributed by atoms with Crippen molar-refractivity contribution in [3.63, 3.8) is 0 Å². The second kappa shape index (κ2) is 4.16. The Balaban J connectivity index is 2.12. The molecule has 88 valence electrons. The Hall–Kier alpha value is -1.91. The maximum Gasteiger partial charge on any atom is 0.127 e. The molecule has 0 radical (unpaired) electrons. The Morgan fingerprint density at radius 3 is 3.06 bits per heavy atom. The molecule has 0 spiro atoms. The minimum absolute atomic E-state index is 0.855. The summed E-state index contributed by atoms with van der Waals surface area (Å²) in [5.74, 6) is 1.13. The van der Waals surface area contributed by atoms with E-state index in [9.17, 15) is 0 Å². The molecule has 17 heavy (non-hydrogen) atoms. The molecule has 0 unspecified atom stereocenters. The third kappa shape index (κ3) is 1.77. The molecule has 3 heterocycles. The Labute approximate surface area is 99.9 Å². The average Bonchev–Trinajstić information content (AvgIpc) is 2.57. The highest BCUT2D eigenvalue weighted by molar-refractivity contribution is 5.66. The van der Waals surface area contributed by atoms with Gasteiger partial charge in [0.15, 0.2) is 0 Å². The number of aromatic nitrogens is 4. The monoisotopic (exact) mass is 229 g/mol. The van der Waals surface area contributed by atoms with Crippen LogP contribution in [0.5, 0.6) is 0 Å². The third-order valence-corrected chi connectivity index (χ3v) is 3.10. The number of anilines is 1. The lowest BCUT2D eigenvalue weighted by atomic mass is 10.1. The van der Waals surface area contributed by atoms with Crippen LogP contribution < -0.4 is 5.32 Å². The fourth-order valence-electron chi connectivity index (χ4n) is 2.29. The van der Waals surface area contributed by atoms with Crippen molar-refractivity contribution in [1.29, 1.82) is 0 Å². The zero-order valence-electron chi connectivity index (χ0n) is 9.85. The molecule has 0 atom stereocenters. The predicted molar refractivity (Wildman–Crippen MR) is 65.7 cm³/mol. The SMILES string of the molecule is Cn1nc(-c2cnccn2)c2c1NCCCC2. The molecule has 1 aliphatic rings. The van der Waals surface area contributed by atoms with Gasteiger partial charge in [0.1, 0.15) is 17.2 Å². The molecule has 2 aromatic rings. The fraction of sp³-hybridized carbons (Fsp3) is 0.417. The normalized spacial score (nSPS) is 14.9. The molecule has 2 aromatic heterocycles. The summed E-state index contributed by atoms with van der Waals surface area (Å²) in [7, 11) is 1.97. The lowest BCUT2D eigenvalue weighted by Crippen LogP contribution is -2.04. The number of nitrogens with zero attached hydrogens (tertiary/aromatic N) is 4. The Kier molecular flexibility index (Phi) is 2.51. The number of hydrogen-bond donors (Lipinski definition) is 1. The summed E-state index contributed by atoms with van der Waals surface area (Å²) in [6.45, 7) is 1.02. The van der Waals surface area contributed by atoms with Crippen LogP contribution >= 0.6 is 0 Å². The van der Waals surface area contributed by atoms with Crippen molar-refractivity contribution in [1.82, 2.24) is 19.7 Å². The molecular weight excluding hydrogens is 214 g/mol. The van der Waals surface area contributed by atoms with Crippen LogP contribution in [-0.2, 0) is 13.5 Å². The number of fused-ring (bicyclic) bond motifs is 1. The van der Waals surface area contributed by atoms with Gasteiger partial charge in [-0.15, -0.1) is 0 Å². The molecule has 3 rings (SSSR count). The molecule has 1 N–H and O–H groups in total. The number of rotatable bonds is 1. The van der Waals surface area contributed by atoms with E-state index in [1.807, 2.05) is 11.7 Å². The summed E-state index contributed by atoms with van der Waals surface area (Å²) in [6.07, 6.45) is 8.62. The van der Waals surface area contributed by atoms with Crippen molar-refractivity contribution >= 4 is 5.82 Å². The lowest BCUT2D eigenvalue weighted by molar-refractivity contribution is 0.756. The molecular formula is C12H15N5. The van der Waals surface area contributed by atoms with Crippen LogP contribution in [0.25, 0.3) is 11.4 Å². The summed E-state index contributed by atoms with van der Waals surface area (Å²) in [5, 5.41) is 7.99. The van der Waals surface area contributed by atoms with E-state index in [-0.39, 0.29) is 0 Å². The van der Waals surface area contributed by atoms with Gasteiger partial charge in [-0.3, -0.25) is 14.6 Å². The second-order valence-corrected chi connectivity index (χ2v) is 4.27.